The molecule has 0 bridgehead atoms. The van der Waals surface area contributed by atoms with Crippen LogP contribution in [0.25, 0.3) is 0 Å². The average Bonchev–Trinajstić information content (AvgIpc) is 2.45. The smallest absolute Gasteiger partial charge is 0.188 e. The van der Waals surface area contributed by atoms with E-state index in [1.165, 1.54) is 7.11 Å². The molecular weight excluding hydrogens is 270 g/mol. The minimum absolute atomic E-state index is 0. The van der Waals surface area contributed by atoms with Gasteiger partial charge in [0.25, 0.3) is 0 Å². The third kappa shape index (κ3) is 4.70. The summed E-state index contributed by atoms with van der Waals surface area (Å²) in [6, 6.07) is 3.47. The molecule has 6 heteroatoms. The molecule has 0 aliphatic heterocycles. The second kappa shape index (κ2) is 10.1. The van der Waals surface area contributed by atoms with E-state index in [0.717, 1.165) is 19.0 Å². The van der Waals surface area contributed by atoms with Gasteiger partial charge in [-0.2, -0.15) is 0 Å². The molecule has 0 saturated heterocycles. The summed E-state index contributed by atoms with van der Waals surface area (Å²) in [6.45, 7) is 2.11. The van der Waals surface area contributed by atoms with Gasteiger partial charge in [-0.1, -0.05) is 13.3 Å². The molecule has 4 nitrogen and oxygen atoms in total. The van der Waals surface area contributed by atoms with Crippen LogP contribution in [0.1, 0.15) is 30.1 Å². The molecule has 1 aromatic carbocycles. The van der Waals surface area contributed by atoms with E-state index >= 15 is 0 Å². The summed E-state index contributed by atoms with van der Waals surface area (Å²) in [7, 11) is 4.87. The maximum atomic E-state index is 12.3. The first-order chi connectivity index (χ1) is 9.19. The molecule has 1 radical (unpaired) electrons. The van der Waals surface area contributed by atoms with Crippen molar-refractivity contribution in [3.63, 3.8) is 0 Å². The van der Waals surface area contributed by atoms with Gasteiger partial charge in [0.1, 0.15) is 11.3 Å². The van der Waals surface area contributed by atoms with E-state index in [-0.39, 0.29) is 33.0 Å². The predicted molar refractivity (Wildman–Crippen MR) is 84.3 cm³/mol. The van der Waals surface area contributed by atoms with Crippen molar-refractivity contribution in [1.82, 2.24) is 0 Å². The van der Waals surface area contributed by atoms with E-state index in [9.17, 15) is 4.79 Å². The zero-order chi connectivity index (χ0) is 14.3. The molecule has 1 atom stereocenters. The Kier molecular flexibility index (Phi) is 9.76. The van der Waals surface area contributed by atoms with Gasteiger partial charge in [-0.25, -0.2) is 0 Å². The Morgan fingerprint density at radius 3 is 2.20 bits per heavy atom. The van der Waals surface area contributed by atoms with E-state index in [0.29, 0.717) is 22.8 Å². The number of unbranched alkanes of at least 4 members (excludes halogenated alkanes) is 1. The van der Waals surface area contributed by atoms with Crippen LogP contribution in [0.3, 0.4) is 0 Å². The molecule has 1 aromatic rings. The number of carbonyl (C=O) groups excluding carboxylic acids is 1. The summed E-state index contributed by atoms with van der Waals surface area (Å²) in [4.78, 5) is 12.3. The molecule has 1 unspecified atom stereocenters. The second-order valence-electron chi connectivity index (χ2n) is 3.99. The van der Waals surface area contributed by atoms with Gasteiger partial charge in [0.05, 0.1) is 21.3 Å². The molecule has 0 aromatic heterocycles. The van der Waals surface area contributed by atoms with Crippen LogP contribution in [0.5, 0.6) is 17.2 Å². The fourth-order valence-corrected chi connectivity index (χ4v) is 2.93. The Morgan fingerprint density at radius 2 is 1.70 bits per heavy atom. The molecule has 0 heterocycles. The standard InChI is InChI=1S/C14H21O4P.Li/c1-5-6-9-19-14(15)12-10(16-2)7-8-11(17-3)13(12)18-4;/h7-8,19H,5-6,9H2,1-4H3;. The van der Waals surface area contributed by atoms with Gasteiger partial charge in [-0.3, -0.25) is 4.79 Å². The molecule has 20 heavy (non-hydrogen) atoms. The van der Waals surface area contributed by atoms with Gasteiger partial charge >= 0.3 is 0 Å². The van der Waals surface area contributed by atoms with E-state index < -0.39 is 0 Å². The van der Waals surface area contributed by atoms with Gasteiger partial charge in [-0.05, 0) is 33.3 Å². The molecule has 0 N–H and O–H groups in total. The van der Waals surface area contributed by atoms with Gasteiger partial charge < -0.3 is 14.2 Å². The molecular formula is C14H21LiO4P. The molecule has 0 saturated carbocycles. The monoisotopic (exact) mass is 291 g/mol. The van der Waals surface area contributed by atoms with Crippen LogP contribution in [-0.4, -0.2) is 51.9 Å². The number of rotatable bonds is 8. The number of methoxy groups -OCH3 is 3. The van der Waals surface area contributed by atoms with Crippen LogP contribution in [0, 0.1) is 0 Å². The Labute approximate surface area is 134 Å². The fraction of sp³-hybridized carbons (Fsp3) is 0.500. The molecule has 0 aliphatic rings. The maximum absolute atomic E-state index is 12.3. The topological polar surface area (TPSA) is 44.8 Å². The van der Waals surface area contributed by atoms with Crippen molar-refractivity contribution >= 4 is 33.0 Å². The third-order valence-electron chi connectivity index (χ3n) is 2.77. The first-order valence-corrected chi connectivity index (χ1v) is 7.47. The van der Waals surface area contributed by atoms with Gasteiger partial charge in [0, 0.05) is 18.9 Å². The Balaban J connectivity index is 0.00000361. The number of hydrogen-bond acceptors (Lipinski definition) is 4. The molecule has 107 valence electrons. The second-order valence-corrected chi connectivity index (χ2v) is 5.30. The van der Waals surface area contributed by atoms with Gasteiger partial charge in [-0.15, -0.1) is 0 Å². The molecule has 1 rings (SSSR count). The Bertz CT molecular complexity index is 437. The van der Waals surface area contributed by atoms with Crippen molar-refractivity contribution in [2.75, 3.05) is 27.5 Å². The van der Waals surface area contributed by atoms with E-state index in [4.69, 9.17) is 14.2 Å². The fourth-order valence-electron chi connectivity index (χ4n) is 1.76. The molecule has 0 spiro atoms. The SMILES string of the molecule is CCCCPC(=O)c1c(OC)ccc(OC)c1OC.[Li]. The van der Waals surface area contributed by atoms with E-state index in [2.05, 4.69) is 6.92 Å². The summed E-state index contributed by atoms with van der Waals surface area (Å²) in [5, 5.41) is 0. The minimum atomic E-state index is 0. The zero-order valence-corrected chi connectivity index (χ0v) is 13.9. The largest absolute Gasteiger partial charge is 0.496 e. The molecule has 0 amide bonds. The van der Waals surface area contributed by atoms with Crippen LogP contribution in [0.15, 0.2) is 12.1 Å². The average molecular weight is 291 g/mol. The van der Waals surface area contributed by atoms with Crippen molar-refractivity contribution in [1.29, 1.82) is 0 Å². The maximum Gasteiger partial charge on any atom is 0.188 e. The first kappa shape index (κ1) is 19.3. The van der Waals surface area contributed by atoms with E-state index in [1.54, 1.807) is 26.4 Å². The Morgan fingerprint density at radius 1 is 1.10 bits per heavy atom. The quantitative estimate of drug-likeness (QED) is 0.419. The van der Waals surface area contributed by atoms with Crippen LogP contribution in [0.2, 0.25) is 0 Å². The minimum Gasteiger partial charge on any atom is -0.496 e. The third-order valence-corrected chi connectivity index (χ3v) is 3.94. The summed E-state index contributed by atoms with van der Waals surface area (Å²) < 4.78 is 15.8. The number of ether oxygens (including phenoxy) is 3. The molecule has 0 aliphatic carbocycles. The predicted octanol–water partition coefficient (Wildman–Crippen LogP) is 2.95. The molecule has 0 fully saturated rings. The van der Waals surface area contributed by atoms with Crippen molar-refractivity contribution in [2.24, 2.45) is 0 Å². The van der Waals surface area contributed by atoms with Gasteiger partial charge in [0.2, 0.25) is 0 Å². The summed E-state index contributed by atoms with van der Waals surface area (Å²) in [6.07, 6.45) is 3.05. The van der Waals surface area contributed by atoms with Crippen molar-refractivity contribution in [2.45, 2.75) is 19.8 Å². The number of hydrogen-bond donors (Lipinski definition) is 0. The normalized spacial score (nSPS) is 10.2. The van der Waals surface area contributed by atoms with Gasteiger partial charge in [0.15, 0.2) is 17.0 Å². The summed E-state index contributed by atoms with van der Waals surface area (Å²) in [5.41, 5.74) is 0.542. The zero-order valence-electron chi connectivity index (χ0n) is 12.9. The van der Waals surface area contributed by atoms with E-state index in [1.807, 2.05) is 0 Å². The number of carbonyl (C=O) groups is 1. The number of benzene rings is 1. The first-order valence-electron chi connectivity index (χ1n) is 6.26. The van der Waals surface area contributed by atoms with Crippen molar-refractivity contribution in [3.05, 3.63) is 17.7 Å². The van der Waals surface area contributed by atoms with Crippen LogP contribution >= 0.6 is 8.58 Å². The summed E-state index contributed by atoms with van der Waals surface area (Å²) in [5.74, 6) is 1.54. The van der Waals surface area contributed by atoms with Crippen LogP contribution in [-0.2, 0) is 0 Å². The van der Waals surface area contributed by atoms with Crippen molar-refractivity contribution < 1.29 is 19.0 Å². The van der Waals surface area contributed by atoms with Crippen LogP contribution in [0.4, 0.5) is 0 Å². The van der Waals surface area contributed by atoms with Crippen LogP contribution < -0.4 is 14.2 Å². The summed E-state index contributed by atoms with van der Waals surface area (Å²) >= 11 is 0. The van der Waals surface area contributed by atoms with Crippen molar-refractivity contribution in [3.8, 4) is 17.2 Å². The Hall–Kier alpha value is -0.683.